The number of ether oxygens (including phenoxy) is 3. The van der Waals surface area contributed by atoms with Crippen molar-refractivity contribution < 1.29 is 37.3 Å². The molecular formula is C11H10F3O5-. The molecule has 0 atom stereocenters. The van der Waals surface area contributed by atoms with Crippen molar-refractivity contribution in [3.63, 3.8) is 0 Å². The third-order valence-electron chi connectivity index (χ3n) is 1.95. The molecule has 1 aromatic carbocycles. The Kier molecular flexibility index (Phi) is 4.99. The summed E-state index contributed by atoms with van der Waals surface area (Å²) >= 11 is 0. The van der Waals surface area contributed by atoms with Crippen molar-refractivity contribution >= 4 is 5.97 Å². The fourth-order valence-electron chi connectivity index (χ4n) is 1.22. The molecule has 8 heteroatoms. The second-order valence-electron chi connectivity index (χ2n) is 3.33. The number of carbonyl (C=O) groups is 1. The number of aromatic carboxylic acids is 1. The Hall–Kier alpha value is -1.96. The third kappa shape index (κ3) is 5.04. The summed E-state index contributed by atoms with van der Waals surface area (Å²) in [6.45, 7) is 0.128. The van der Waals surface area contributed by atoms with Gasteiger partial charge in [-0.25, -0.2) is 0 Å². The molecule has 0 aliphatic rings. The maximum atomic E-state index is 12.0. The van der Waals surface area contributed by atoms with E-state index >= 15 is 0 Å². The molecule has 0 aliphatic heterocycles. The highest BCUT2D eigenvalue weighted by Crippen LogP contribution is 2.28. The van der Waals surface area contributed by atoms with E-state index < -0.39 is 18.1 Å². The Morgan fingerprint density at radius 1 is 1.32 bits per heavy atom. The molecule has 0 N–H and O–H groups in total. The monoisotopic (exact) mass is 279 g/mol. The Labute approximate surface area is 106 Å². The molecule has 0 saturated carbocycles. The summed E-state index contributed by atoms with van der Waals surface area (Å²) in [4.78, 5) is 10.8. The lowest BCUT2D eigenvalue weighted by atomic mass is 10.2. The van der Waals surface area contributed by atoms with Crippen LogP contribution in [0.4, 0.5) is 13.2 Å². The highest BCUT2D eigenvalue weighted by atomic mass is 19.4. The quantitative estimate of drug-likeness (QED) is 0.726. The molecule has 0 aromatic heterocycles. The average molecular weight is 279 g/mol. The van der Waals surface area contributed by atoms with Crippen molar-refractivity contribution in [1.29, 1.82) is 0 Å². The molecule has 19 heavy (non-hydrogen) atoms. The smallest absolute Gasteiger partial charge is 0.545 e. The van der Waals surface area contributed by atoms with Crippen molar-refractivity contribution in [1.82, 2.24) is 0 Å². The minimum Gasteiger partial charge on any atom is -0.545 e. The number of rotatable bonds is 6. The zero-order chi connectivity index (χ0) is 14.5. The van der Waals surface area contributed by atoms with E-state index in [-0.39, 0.29) is 24.5 Å². The Morgan fingerprint density at radius 3 is 2.53 bits per heavy atom. The van der Waals surface area contributed by atoms with Crippen LogP contribution in [0.15, 0.2) is 18.2 Å². The van der Waals surface area contributed by atoms with E-state index in [9.17, 15) is 23.1 Å². The van der Waals surface area contributed by atoms with Gasteiger partial charge >= 0.3 is 6.36 Å². The number of carbonyl (C=O) groups excluding carboxylic acids is 1. The minimum absolute atomic E-state index is 0.0216. The maximum Gasteiger partial charge on any atom is 0.573 e. The molecule has 106 valence electrons. The lowest BCUT2D eigenvalue weighted by Gasteiger charge is -2.15. The van der Waals surface area contributed by atoms with Crippen molar-refractivity contribution in [2.75, 3.05) is 20.3 Å². The van der Waals surface area contributed by atoms with Gasteiger partial charge in [0.15, 0.2) is 0 Å². The lowest BCUT2D eigenvalue weighted by Crippen LogP contribution is -2.24. The molecule has 0 heterocycles. The van der Waals surface area contributed by atoms with Crippen molar-refractivity contribution in [2.45, 2.75) is 6.36 Å². The Bertz CT molecular complexity index is 444. The van der Waals surface area contributed by atoms with Crippen LogP contribution in [0.2, 0.25) is 0 Å². The maximum absolute atomic E-state index is 12.0. The van der Waals surface area contributed by atoms with Gasteiger partial charge in [-0.1, -0.05) is 0 Å². The van der Waals surface area contributed by atoms with E-state index in [1.165, 1.54) is 7.11 Å². The van der Waals surface area contributed by atoms with E-state index in [1.54, 1.807) is 0 Å². The van der Waals surface area contributed by atoms with Gasteiger partial charge in [0.05, 0.1) is 12.6 Å². The number of benzene rings is 1. The number of hydrogen-bond donors (Lipinski definition) is 0. The SMILES string of the molecule is COCCOc1cc(OC(F)(F)F)ccc1C(=O)[O-]. The van der Waals surface area contributed by atoms with E-state index in [4.69, 9.17) is 4.74 Å². The topological polar surface area (TPSA) is 67.8 Å². The summed E-state index contributed by atoms with van der Waals surface area (Å²) < 4.78 is 49.4. The molecule has 5 nitrogen and oxygen atoms in total. The molecule has 0 fully saturated rings. The van der Waals surface area contributed by atoms with Crippen LogP contribution >= 0.6 is 0 Å². The first-order valence-electron chi connectivity index (χ1n) is 5.06. The van der Waals surface area contributed by atoms with E-state index in [0.717, 1.165) is 18.2 Å². The van der Waals surface area contributed by atoms with Crippen LogP contribution in [-0.2, 0) is 4.74 Å². The average Bonchev–Trinajstić information content (AvgIpc) is 2.27. The number of halogens is 3. The third-order valence-corrected chi connectivity index (χ3v) is 1.95. The standard InChI is InChI=1S/C11H11F3O5/c1-17-4-5-18-9-6-7(19-11(12,13)14)2-3-8(9)10(15)16/h2-3,6H,4-5H2,1H3,(H,15,16)/p-1. The number of alkyl halides is 3. The molecule has 0 bridgehead atoms. The summed E-state index contributed by atoms with van der Waals surface area (Å²) in [7, 11) is 1.40. The van der Waals surface area contributed by atoms with Crippen LogP contribution in [0.3, 0.4) is 0 Å². The number of carboxylic acid groups (broad SMARTS) is 1. The van der Waals surface area contributed by atoms with Crippen LogP contribution in [0.5, 0.6) is 11.5 Å². The fraction of sp³-hybridized carbons (Fsp3) is 0.364. The van der Waals surface area contributed by atoms with Gasteiger partial charge in [0.1, 0.15) is 18.1 Å². The van der Waals surface area contributed by atoms with Crippen LogP contribution in [0, 0.1) is 0 Å². The molecule has 1 rings (SSSR count). The first-order chi connectivity index (χ1) is 8.83. The predicted molar refractivity (Wildman–Crippen MR) is 54.8 cm³/mol. The zero-order valence-corrected chi connectivity index (χ0v) is 9.82. The summed E-state index contributed by atoms with van der Waals surface area (Å²) in [5, 5.41) is 10.8. The van der Waals surface area contributed by atoms with E-state index in [0.29, 0.717) is 0 Å². The highest BCUT2D eigenvalue weighted by molar-refractivity contribution is 5.89. The Morgan fingerprint density at radius 2 is 2.00 bits per heavy atom. The molecule has 1 aromatic rings. The van der Waals surface area contributed by atoms with Gasteiger partial charge in [0.25, 0.3) is 0 Å². The van der Waals surface area contributed by atoms with Crippen molar-refractivity contribution in [3.05, 3.63) is 23.8 Å². The van der Waals surface area contributed by atoms with Crippen molar-refractivity contribution in [3.8, 4) is 11.5 Å². The first-order valence-corrected chi connectivity index (χ1v) is 5.06. The lowest BCUT2D eigenvalue weighted by molar-refractivity contribution is -0.274. The van der Waals surface area contributed by atoms with Crippen LogP contribution in [0.1, 0.15) is 10.4 Å². The molecule has 0 saturated heterocycles. The van der Waals surface area contributed by atoms with Gasteiger partial charge in [-0.05, 0) is 12.1 Å². The largest absolute Gasteiger partial charge is 0.573 e. The molecule has 0 amide bonds. The summed E-state index contributed by atoms with van der Waals surface area (Å²) in [6, 6.07) is 2.61. The normalized spacial score (nSPS) is 11.2. The molecular weight excluding hydrogens is 269 g/mol. The second kappa shape index (κ2) is 6.28. The van der Waals surface area contributed by atoms with Gasteiger partial charge in [-0.2, -0.15) is 0 Å². The Balaban J connectivity index is 2.94. The van der Waals surface area contributed by atoms with E-state index in [1.807, 2.05) is 0 Å². The number of hydrogen-bond acceptors (Lipinski definition) is 5. The summed E-state index contributed by atoms with van der Waals surface area (Å²) in [6.07, 6.45) is -4.87. The molecule has 0 radical (unpaired) electrons. The zero-order valence-electron chi connectivity index (χ0n) is 9.82. The molecule has 0 spiro atoms. The van der Waals surface area contributed by atoms with Gasteiger partial charge in [-0.3, -0.25) is 0 Å². The van der Waals surface area contributed by atoms with Gasteiger partial charge in [0.2, 0.25) is 0 Å². The van der Waals surface area contributed by atoms with Crippen LogP contribution < -0.4 is 14.6 Å². The van der Waals surface area contributed by atoms with Crippen molar-refractivity contribution in [2.24, 2.45) is 0 Å². The number of methoxy groups -OCH3 is 1. The van der Waals surface area contributed by atoms with Crippen LogP contribution in [-0.4, -0.2) is 32.7 Å². The summed E-state index contributed by atoms with van der Waals surface area (Å²) in [5.74, 6) is -2.42. The molecule has 0 unspecified atom stereocenters. The highest BCUT2D eigenvalue weighted by Gasteiger charge is 2.31. The first kappa shape index (κ1) is 15.1. The van der Waals surface area contributed by atoms with Crippen LogP contribution in [0.25, 0.3) is 0 Å². The molecule has 0 aliphatic carbocycles. The van der Waals surface area contributed by atoms with Gasteiger partial charge < -0.3 is 24.1 Å². The fourth-order valence-corrected chi connectivity index (χ4v) is 1.22. The number of carboxylic acids is 1. The summed E-state index contributed by atoms with van der Waals surface area (Å²) in [5.41, 5.74) is -0.370. The minimum atomic E-state index is -4.87. The van der Waals surface area contributed by atoms with Gasteiger partial charge in [-0.15, -0.1) is 13.2 Å². The van der Waals surface area contributed by atoms with E-state index in [2.05, 4.69) is 9.47 Å². The predicted octanol–water partition coefficient (Wildman–Crippen LogP) is 0.974. The second-order valence-corrected chi connectivity index (χ2v) is 3.33. The van der Waals surface area contributed by atoms with Gasteiger partial charge in [0, 0.05) is 18.7 Å².